The van der Waals surface area contributed by atoms with Crippen LogP contribution >= 0.6 is 11.8 Å². The normalized spacial score (nSPS) is 21.1. The van der Waals surface area contributed by atoms with E-state index in [4.69, 9.17) is 9.47 Å². The van der Waals surface area contributed by atoms with Crippen LogP contribution in [0.4, 0.5) is 13.2 Å². The van der Waals surface area contributed by atoms with Crippen molar-refractivity contribution in [3.8, 4) is 0 Å². The Bertz CT molecular complexity index is 1180. The Kier molecular flexibility index (Phi) is 8.63. The number of nitrogens with zero attached hydrogens (tertiary/aromatic N) is 3. The van der Waals surface area contributed by atoms with Crippen LogP contribution in [0.5, 0.6) is 0 Å². The summed E-state index contributed by atoms with van der Waals surface area (Å²) in [5.41, 5.74) is -0.850. The molecule has 1 aliphatic rings. The number of benzene rings is 2. The van der Waals surface area contributed by atoms with Gasteiger partial charge in [0.2, 0.25) is 0 Å². The molecule has 1 aromatic heterocycles. The maximum Gasteiger partial charge on any atom is 0.177 e. The smallest absolute Gasteiger partial charge is 0.177 e. The number of hydrogen-bond donors (Lipinski definition) is 1. The van der Waals surface area contributed by atoms with E-state index in [9.17, 15) is 18.3 Å². The van der Waals surface area contributed by atoms with Crippen molar-refractivity contribution in [2.45, 2.75) is 35.9 Å². The van der Waals surface area contributed by atoms with Crippen molar-refractivity contribution in [3.63, 3.8) is 0 Å². The maximum absolute atomic E-state index is 14.7. The molecular weight excluding hydrogens is 491 g/mol. The van der Waals surface area contributed by atoms with E-state index in [0.29, 0.717) is 13.2 Å². The fourth-order valence-electron chi connectivity index (χ4n) is 3.82. The molecule has 2 aromatic carbocycles. The molecule has 1 N–H and O–H groups in total. The van der Waals surface area contributed by atoms with E-state index in [0.717, 1.165) is 17.7 Å². The molecule has 0 bridgehead atoms. The molecule has 0 radical (unpaired) electrons. The number of rotatable bonds is 9. The Labute approximate surface area is 211 Å². The predicted octanol–water partition coefficient (Wildman–Crippen LogP) is 4.72. The SMILES string of the molecule is C[C@@H](SC1COC(/C=C/C=C/c2ccc(F)cc2)OC1)[C@](O)(Cn1cncn1)c1ccc(F)cc1F. The second-order valence-corrected chi connectivity index (χ2v) is 10.0. The highest BCUT2D eigenvalue weighted by Crippen LogP contribution is 2.38. The van der Waals surface area contributed by atoms with Crippen LogP contribution in [-0.4, -0.2) is 49.9 Å². The first kappa shape index (κ1) is 26.2. The Morgan fingerprint density at radius 3 is 2.50 bits per heavy atom. The molecule has 0 amide bonds. The first-order valence-corrected chi connectivity index (χ1v) is 12.3. The molecule has 2 heterocycles. The van der Waals surface area contributed by atoms with Crippen LogP contribution in [0.15, 0.2) is 73.3 Å². The van der Waals surface area contributed by atoms with E-state index in [2.05, 4.69) is 10.1 Å². The number of aromatic nitrogens is 3. The van der Waals surface area contributed by atoms with Gasteiger partial charge in [0.05, 0.1) is 25.0 Å². The lowest BCUT2D eigenvalue weighted by molar-refractivity contribution is -0.146. The van der Waals surface area contributed by atoms with E-state index in [1.807, 2.05) is 12.2 Å². The van der Waals surface area contributed by atoms with E-state index < -0.39 is 28.8 Å². The van der Waals surface area contributed by atoms with Gasteiger partial charge in [-0.05, 0) is 29.8 Å². The number of ether oxygens (including phenoxy) is 2. The third-order valence-electron chi connectivity index (χ3n) is 5.77. The van der Waals surface area contributed by atoms with Crippen LogP contribution in [0, 0.1) is 17.5 Å². The topological polar surface area (TPSA) is 69.4 Å². The summed E-state index contributed by atoms with van der Waals surface area (Å²) >= 11 is 1.40. The molecule has 2 atom stereocenters. The summed E-state index contributed by atoms with van der Waals surface area (Å²) in [5, 5.41) is 15.0. The lowest BCUT2D eigenvalue weighted by Crippen LogP contribution is -2.43. The molecule has 0 aliphatic carbocycles. The standard InChI is InChI=1S/C26H26F3N3O3S/c1-18(26(33,15-32-17-30-16-31-32)23-11-10-21(28)12-24(23)29)36-22-13-34-25(35-14-22)5-3-2-4-19-6-8-20(27)9-7-19/h2-12,16-18,22,25,33H,13-15H2,1H3/b4-2+,5-3+/t18-,22?,25?,26-/m1/s1. The van der Waals surface area contributed by atoms with Crippen LogP contribution in [0.25, 0.3) is 6.08 Å². The zero-order valence-electron chi connectivity index (χ0n) is 19.5. The van der Waals surface area contributed by atoms with Crippen molar-refractivity contribution in [1.29, 1.82) is 0 Å². The van der Waals surface area contributed by atoms with Gasteiger partial charge in [0.25, 0.3) is 0 Å². The van der Waals surface area contributed by atoms with Crippen LogP contribution in [0.2, 0.25) is 0 Å². The van der Waals surface area contributed by atoms with E-state index in [-0.39, 0.29) is 23.2 Å². The van der Waals surface area contributed by atoms with Crippen molar-refractivity contribution >= 4 is 17.8 Å². The van der Waals surface area contributed by atoms with Crippen LogP contribution in [0.3, 0.4) is 0 Å². The number of aliphatic hydroxyl groups is 1. The predicted molar refractivity (Wildman–Crippen MR) is 131 cm³/mol. The molecule has 1 fully saturated rings. The van der Waals surface area contributed by atoms with Gasteiger partial charge < -0.3 is 14.6 Å². The first-order valence-electron chi connectivity index (χ1n) is 11.3. The average Bonchev–Trinajstić information content (AvgIpc) is 3.36. The van der Waals surface area contributed by atoms with Gasteiger partial charge in [-0.1, -0.05) is 43.4 Å². The van der Waals surface area contributed by atoms with Crippen molar-refractivity contribution in [1.82, 2.24) is 14.8 Å². The van der Waals surface area contributed by atoms with Crippen LogP contribution < -0.4 is 0 Å². The van der Waals surface area contributed by atoms with E-state index in [1.54, 1.807) is 31.2 Å². The van der Waals surface area contributed by atoms with Crippen molar-refractivity contribution in [3.05, 3.63) is 102 Å². The van der Waals surface area contributed by atoms with E-state index in [1.165, 1.54) is 47.3 Å². The minimum Gasteiger partial charge on any atom is -0.382 e. The van der Waals surface area contributed by atoms with Crippen LogP contribution in [-0.2, 0) is 21.6 Å². The average molecular weight is 518 g/mol. The highest BCUT2D eigenvalue weighted by molar-refractivity contribution is 8.00. The molecule has 6 nitrogen and oxygen atoms in total. The monoisotopic (exact) mass is 517 g/mol. The van der Waals surface area contributed by atoms with Crippen molar-refractivity contribution < 1.29 is 27.8 Å². The second kappa shape index (κ2) is 11.9. The van der Waals surface area contributed by atoms with Crippen molar-refractivity contribution in [2.75, 3.05) is 13.2 Å². The van der Waals surface area contributed by atoms with Crippen LogP contribution in [0.1, 0.15) is 18.1 Å². The fourth-order valence-corrected chi connectivity index (χ4v) is 5.14. The zero-order chi connectivity index (χ0) is 25.5. The van der Waals surface area contributed by atoms with Gasteiger partial charge in [0.1, 0.15) is 35.7 Å². The lowest BCUT2D eigenvalue weighted by atomic mass is 9.90. The Morgan fingerprint density at radius 1 is 1.11 bits per heavy atom. The van der Waals surface area contributed by atoms with Gasteiger partial charge in [-0.25, -0.2) is 22.8 Å². The summed E-state index contributed by atoms with van der Waals surface area (Å²) in [6, 6.07) is 9.28. The second-order valence-electron chi connectivity index (χ2n) is 8.37. The number of halogens is 3. The largest absolute Gasteiger partial charge is 0.382 e. The van der Waals surface area contributed by atoms with Gasteiger partial charge >= 0.3 is 0 Å². The summed E-state index contributed by atoms with van der Waals surface area (Å²) in [6.07, 6.45) is 9.42. The van der Waals surface area contributed by atoms with E-state index >= 15 is 0 Å². The van der Waals surface area contributed by atoms with Crippen molar-refractivity contribution in [2.24, 2.45) is 0 Å². The molecule has 1 aliphatic heterocycles. The molecule has 4 rings (SSSR count). The molecule has 3 aromatic rings. The van der Waals surface area contributed by atoms with Gasteiger partial charge in [-0.2, -0.15) is 5.10 Å². The molecule has 0 spiro atoms. The highest BCUT2D eigenvalue weighted by Gasteiger charge is 2.41. The molecule has 10 heteroatoms. The fraction of sp³-hybridized carbons (Fsp3) is 0.308. The molecule has 36 heavy (non-hydrogen) atoms. The summed E-state index contributed by atoms with van der Waals surface area (Å²) in [4.78, 5) is 3.89. The molecule has 0 saturated carbocycles. The zero-order valence-corrected chi connectivity index (χ0v) is 20.3. The Morgan fingerprint density at radius 2 is 1.83 bits per heavy atom. The van der Waals surface area contributed by atoms with Gasteiger partial charge in [0.15, 0.2) is 6.29 Å². The minimum absolute atomic E-state index is 0.0224. The number of allylic oxidation sites excluding steroid dienone is 2. The Hall–Kier alpha value is -2.92. The molecule has 1 saturated heterocycles. The molecular formula is C26H26F3N3O3S. The molecule has 190 valence electrons. The quantitative estimate of drug-likeness (QED) is 0.415. The minimum atomic E-state index is -1.70. The first-order chi connectivity index (χ1) is 17.3. The van der Waals surface area contributed by atoms with Gasteiger partial charge in [-0.15, -0.1) is 11.8 Å². The maximum atomic E-state index is 14.7. The summed E-state index contributed by atoms with van der Waals surface area (Å²) in [6.45, 7) is 2.43. The highest BCUT2D eigenvalue weighted by atomic mass is 32.2. The number of thioether (sulfide) groups is 1. The summed E-state index contributed by atoms with van der Waals surface area (Å²) < 4.78 is 54.2. The lowest BCUT2D eigenvalue weighted by Gasteiger charge is -2.37. The Balaban J connectivity index is 1.36. The molecule has 0 unspecified atom stereocenters. The summed E-state index contributed by atoms with van der Waals surface area (Å²) in [5.74, 6) is -1.84. The van der Waals surface area contributed by atoms with Gasteiger partial charge in [0, 0.05) is 16.9 Å². The summed E-state index contributed by atoms with van der Waals surface area (Å²) in [7, 11) is 0. The van der Waals surface area contributed by atoms with Gasteiger partial charge in [-0.3, -0.25) is 0 Å². The third kappa shape index (κ3) is 6.64. The third-order valence-corrected chi connectivity index (χ3v) is 7.22. The number of hydrogen-bond acceptors (Lipinski definition) is 6.